The van der Waals surface area contributed by atoms with Gasteiger partial charge in [0.2, 0.25) is 47.3 Å². The van der Waals surface area contributed by atoms with Crippen LogP contribution in [-0.2, 0) is 47.9 Å². The van der Waals surface area contributed by atoms with Gasteiger partial charge in [-0.1, -0.05) is 55.4 Å². The van der Waals surface area contributed by atoms with Crippen LogP contribution in [0.15, 0.2) is 4.99 Å². The zero-order valence-corrected chi connectivity index (χ0v) is 45.2. The van der Waals surface area contributed by atoms with Gasteiger partial charge in [0.15, 0.2) is 5.96 Å². The van der Waals surface area contributed by atoms with Crippen molar-refractivity contribution in [2.75, 3.05) is 19.6 Å². The second kappa shape index (κ2) is 35.9. The van der Waals surface area contributed by atoms with Crippen molar-refractivity contribution in [2.24, 2.45) is 57.3 Å². The summed E-state index contributed by atoms with van der Waals surface area (Å²) in [6.45, 7) is 15.6. The van der Waals surface area contributed by atoms with Crippen molar-refractivity contribution in [2.45, 2.75) is 193 Å². The first-order valence-electron chi connectivity index (χ1n) is 25.7. The molecule has 430 valence electrons. The molecule has 21 N–H and O–H groups in total. The Morgan fingerprint density at radius 1 is 0.453 bits per heavy atom. The minimum atomic E-state index is -1.78. The predicted molar refractivity (Wildman–Crippen MR) is 279 cm³/mol. The van der Waals surface area contributed by atoms with Crippen molar-refractivity contribution in [1.29, 1.82) is 0 Å². The number of aliphatic hydroxyl groups is 1. The molecule has 10 atom stereocenters. The van der Waals surface area contributed by atoms with Crippen LogP contribution in [-0.4, -0.2) is 161 Å². The average Bonchev–Trinajstić information content (AvgIpc) is 3.29. The number of hydrogen-bond donors (Lipinski definition) is 16. The fraction of sp³-hybridized carbons (Fsp3) is 0.771. The number of hydrogen-bond acceptors (Lipinski definition) is 15. The molecule has 0 saturated carbocycles. The molecular formula is C48H90N14O13. The molecule has 0 aliphatic heterocycles. The smallest absolute Gasteiger partial charge is 0.326 e. The molecule has 27 nitrogen and oxygen atoms in total. The van der Waals surface area contributed by atoms with E-state index in [4.69, 9.17) is 28.7 Å². The molecule has 8 amide bonds. The van der Waals surface area contributed by atoms with Crippen LogP contribution < -0.4 is 71.2 Å². The monoisotopic (exact) mass is 1070 g/mol. The number of guanidine groups is 1. The van der Waals surface area contributed by atoms with Gasteiger partial charge in [0.1, 0.15) is 48.3 Å². The van der Waals surface area contributed by atoms with E-state index in [1.54, 1.807) is 41.5 Å². The van der Waals surface area contributed by atoms with E-state index < -0.39 is 138 Å². The Bertz CT molecular complexity index is 1900. The Morgan fingerprint density at radius 3 is 1.24 bits per heavy atom. The summed E-state index contributed by atoms with van der Waals surface area (Å²) in [4.78, 5) is 137. The molecule has 0 spiro atoms. The number of aliphatic hydroxyl groups excluding tert-OH is 1. The molecule has 0 unspecified atom stereocenters. The average molecular weight is 1070 g/mol. The summed E-state index contributed by atoms with van der Waals surface area (Å²) in [6, 6.07) is -12.3. The van der Waals surface area contributed by atoms with Crippen LogP contribution in [0.2, 0.25) is 0 Å². The third-order valence-electron chi connectivity index (χ3n) is 11.7. The van der Waals surface area contributed by atoms with Crippen molar-refractivity contribution in [3.8, 4) is 0 Å². The maximum Gasteiger partial charge on any atom is 0.326 e. The standard InChI is InChI=1S/C48H90N14O13/c1-24(2)21-29(51)39(66)62-38(28(9)63)46(73)61-37(27(7)8)45(72)60-36(26(5)6)44(71)56-31(16-11-13-19-50)40(67)55-30(15-10-12-18-49)41(68)58-33(22-25(3)4)42(69)59-34(23-35(64)65)43(70)57-32(47(74)75)17-14-20-54-48(52)53/h24-34,36-38,63H,10-23,49-51H2,1-9H3,(H,55,67)(H,56,71)(H,57,70)(H,58,68)(H,59,69)(H,60,72)(H,61,73)(H,62,66)(H,64,65)(H,74,75)(H4,52,53,54)/t28-,29+,30+,31+,32+,33+,34+,36+,37+,38+/m1/s1. The van der Waals surface area contributed by atoms with Gasteiger partial charge in [-0.25, -0.2) is 4.79 Å². The molecule has 0 aliphatic carbocycles. The summed E-state index contributed by atoms with van der Waals surface area (Å²) in [5.74, 6) is -11.4. The molecule has 0 radical (unpaired) electrons. The van der Waals surface area contributed by atoms with Gasteiger partial charge in [-0.3, -0.25) is 48.1 Å². The Kier molecular flexibility index (Phi) is 32.9. The number of amides is 8. The highest BCUT2D eigenvalue weighted by Gasteiger charge is 2.37. The highest BCUT2D eigenvalue weighted by molar-refractivity contribution is 5.98. The van der Waals surface area contributed by atoms with E-state index in [1.807, 2.05) is 13.8 Å². The first kappa shape index (κ1) is 68.8. The molecule has 0 aromatic carbocycles. The summed E-state index contributed by atoms with van der Waals surface area (Å²) in [5, 5.41) is 50.1. The number of nitrogens with one attached hydrogen (secondary N) is 8. The number of carboxylic acids is 2. The first-order chi connectivity index (χ1) is 35.0. The van der Waals surface area contributed by atoms with Gasteiger partial charge >= 0.3 is 11.9 Å². The summed E-state index contributed by atoms with van der Waals surface area (Å²) < 4.78 is 0. The Labute approximate surface area is 440 Å². The lowest BCUT2D eigenvalue weighted by atomic mass is 9.98. The van der Waals surface area contributed by atoms with Crippen LogP contribution in [0.25, 0.3) is 0 Å². The second-order valence-electron chi connectivity index (χ2n) is 20.3. The van der Waals surface area contributed by atoms with E-state index in [2.05, 4.69) is 47.5 Å². The predicted octanol–water partition coefficient (Wildman–Crippen LogP) is -3.15. The van der Waals surface area contributed by atoms with E-state index in [1.165, 1.54) is 6.92 Å². The van der Waals surface area contributed by atoms with Gasteiger partial charge in [-0.05, 0) is 108 Å². The number of carbonyl (C=O) groups excluding carboxylic acids is 8. The maximum atomic E-state index is 14.2. The highest BCUT2D eigenvalue weighted by Crippen LogP contribution is 2.13. The molecule has 0 aromatic rings. The third-order valence-corrected chi connectivity index (χ3v) is 11.7. The molecule has 0 aliphatic rings. The lowest BCUT2D eigenvalue weighted by molar-refractivity contribution is -0.144. The molecule has 0 heterocycles. The number of nitrogens with two attached hydrogens (primary N) is 5. The number of carbonyl (C=O) groups is 10. The van der Waals surface area contributed by atoms with Gasteiger partial charge in [0, 0.05) is 6.54 Å². The van der Waals surface area contributed by atoms with E-state index >= 15 is 0 Å². The molecule has 0 saturated heterocycles. The summed E-state index contributed by atoms with van der Waals surface area (Å²) in [6.07, 6.45) is -0.491. The van der Waals surface area contributed by atoms with Crippen LogP contribution in [0.3, 0.4) is 0 Å². The topological polar surface area (TPSA) is 470 Å². The van der Waals surface area contributed by atoms with E-state index in [0.29, 0.717) is 32.1 Å². The minimum Gasteiger partial charge on any atom is -0.481 e. The molecule has 0 bridgehead atoms. The number of aliphatic carboxylic acids is 2. The van der Waals surface area contributed by atoms with E-state index in [0.717, 1.165) is 0 Å². The quantitative estimate of drug-likeness (QED) is 0.0165. The molecule has 0 rings (SSSR count). The lowest BCUT2D eigenvalue weighted by Crippen LogP contribution is -2.62. The first-order valence-corrected chi connectivity index (χ1v) is 25.7. The largest absolute Gasteiger partial charge is 0.481 e. The van der Waals surface area contributed by atoms with Crippen LogP contribution in [0, 0.1) is 23.7 Å². The number of aliphatic imine (C=N–C) groups is 1. The van der Waals surface area contributed by atoms with Gasteiger partial charge < -0.3 is 86.5 Å². The number of unbranched alkanes of at least 4 members (excludes halogenated alkanes) is 2. The minimum absolute atomic E-state index is 0.00932. The lowest BCUT2D eigenvalue weighted by Gasteiger charge is -2.30. The van der Waals surface area contributed by atoms with Crippen molar-refractivity contribution >= 4 is 65.2 Å². The maximum absolute atomic E-state index is 14.2. The molecular weight excluding hydrogens is 981 g/mol. The fourth-order valence-corrected chi connectivity index (χ4v) is 7.56. The number of rotatable bonds is 38. The highest BCUT2D eigenvalue weighted by atomic mass is 16.4. The van der Waals surface area contributed by atoms with Crippen molar-refractivity contribution in [1.82, 2.24) is 42.5 Å². The summed E-state index contributed by atoms with van der Waals surface area (Å²) in [5.41, 5.74) is 28.1. The van der Waals surface area contributed by atoms with Crippen LogP contribution in [0.4, 0.5) is 0 Å². The van der Waals surface area contributed by atoms with Crippen LogP contribution in [0.1, 0.15) is 133 Å². The third kappa shape index (κ3) is 27.8. The SMILES string of the molecule is CC(C)C[C@H](NC(=O)[C@H](CCCCN)NC(=O)[C@H](CCCCN)NC(=O)[C@@H](NC(=O)[C@@H](NC(=O)[C@@H](NC(=O)[C@@H](N)CC(C)C)[C@@H](C)O)C(C)C)C(C)C)C(=O)N[C@@H](CC(=O)O)C(=O)N[C@@H](CCCN=C(N)N)C(=O)O. The molecule has 75 heavy (non-hydrogen) atoms. The van der Waals surface area contributed by atoms with Crippen LogP contribution >= 0.6 is 0 Å². The molecule has 0 aromatic heterocycles. The Hall–Kier alpha value is -6.19. The van der Waals surface area contributed by atoms with Gasteiger partial charge in [0.05, 0.1) is 18.6 Å². The van der Waals surface area contributed by atoms with E-state index in [9.17, 15) is 63.3 Å². The second-order valence-corrected chi connectivity index (χ2v) is 20.3. The van der Waals surface area contributed by atoms with Gasteiger partial charge in [-0.15, -0.1) is 0 Å². The summed E-state index contributed by atoms with van der Waals surface area (Å²) >= 11 is 0. The zero-order valence-electron chi connectivity index (χ0n) is 45.2. The Morgan fingerprint density at radius 2 is 0.827 bits per heavy atom. The zero-order chi connectivity index (χ0) is 57.7. The van der Waals surface area contributed by atoms with E-state index in [-0.39, 0.29) is 69.5 Å². The summed E-state index contributed by atoms with van der Waals surface area (Å²) in [7, 11) is 0. The van der Waals surface area contributed by atoms with Gasteiger partial charge in [0.25, 0.3) is 0 Å². The Balaban J connectivity index is 6.64. The number of carboxylic acid groups (broad SMARTS) is 2. The molecule has 27 heteroatoms. The van der Waals surface area contributed by atoms with Crippen LogP contribution in [0.5, 0.6) is 0 Å². The van der Waals surface area contributed by atoms with Gasteiger partial charge in [-0.2, -0.15) is 0 Å². The number of nitrogens with zero attached hydrogens (tertiary/aromatic N) is 1. The van der Waals surface area contributed by atoms with Crippen molar-refractivity contribution < 1.29 is 63.3 Å². The fourth-order valence-electron chi connectivity index (χ4n) is 7.56. The van der Waals surface area contributed by atoms with Crippen molar-refractivity contribution in [3.63, 3.8) is 0 Å². The normalized spacial score (nSPS) is 15.4. The molecule has 0 fully saturated rings. The van der Waals surface area contributed by atoms with Crippen molar-refractivity contribution in [3.05, 3.63) is 0 Å².